The number of aromatic nitrogens is 1. The zero-order valence-corrected chi connectivity index (χ0v) is 29.3. The van der Waals surface area contributed by atoms with E-state index in [9.17, 15) is 9.18 Å². The van der Waals surface area contributed by atoms with Gasteiger partial charge in [-0.05, 0) is 61.3 Å². The van der Waals surface area contributed by atoms with Crippen molar-refractivity contribution >= 4 is 39.7 Å². The quantitative estimate of drug-likeness (QED) is 0.136. The smallest absolute Gasteiger partial charge is 0.207 e. The summed E-state index contributed by atoms with van der Waals surface area (Å²) >= 11 is 6.33. The summed E-state index contributed by atoms with van der Waals surface area (Å²) in [5.74, 6) is 1.58. The molecular weight excluding hydrogens is 627 g/mol. The molecule has 2 heterocycles. The maximum atomic E-state index is 12.5. The molecule has 1 fully saturated rings. The third kappa shape index (κ3) is 9.95. The predicted octanol–water partition coefficient (Wildman–Crippen LogP) is 7.95. The van der Waals surface area contributed by atoms with Gasteiger partial charge in [-0.2, -0.15) is 0 Å². The van der Waals surface area contributed by atoms with E-state index in [0.29, 0.717) is 19.6 Å². The fraction of sp³-hybridized carbons (Fsp3) is 0.359. The largest absolute Gasteiger partial charge is 0.495 e. The SMILES string of the molecule is CC.COc1cccc2c(C)cn(CCCN3CCN(CCOc4ccc(Cl)c5ccccc45)CC3)c12.O=CNCc1cccc(F)c1. The first kappa shape index (κ1) is 36.7. The number of hydrogen-bond donors (Lipinski definition) is 1. The number of nitrogens with one attached hydrogen (secondary N) is 1. The minimum absolute atomic E-state index is 0.282. The number of ether oxygens (including phenoxy) is 2. The number of piperazine rings is 1. The van der Waals surface area contributed by atoms with E-state index < -0.39 is 0 Å². The number of para-hydroxylation sites is 1. The lowest BCUT2D eigenvalue weighted by Gasteiger charge is -2.34. The van der Waals surface area contributed by atoms with Crippen molar-refractivity contribution < 1.29 is 18.7 Å². The Bertz CT molecular complexity index is 1740. The predicted molar refractivity (Wildman–Crippen MR) is 196 cm³/mol. The number of nitrogens with zero attached hydrogens (tertiary/aromatic N) is 3. The van der Waals surface area contributed by atoms with Gasteiger partial charge in [0.25, 0.3) is 0 Å². The molecule has 1 amide bonds. The average molecular weight is 675 g/mol. The molecule has 1 aliphatic rings. The molecule has 1 N–H and O–H groups in total. The van der Waals surface area contributed by atoms with Crippen LogP contribution in [0.2, 0.25) is 5.02 Å². The monoisotopic (exact) mass is 674 g/mol. The van der Waals surface area contributed by atoms with Crippen LogP contribution in [0.25, 0.3) is 21.7 Å². The molecular formula is C39H48ClFN4O3. The van der Waals surface area contributed by atoms with Crippen LogP contribution in [-0.4, -0.2) is 73.8 Å². The Labute approximate surface area is 289 Å². The summed E-state index contributed by atoms with van der Waals surface area (Å²) in [5.41, 5.74) is 3.28. The van der Waals surface area contributed by atoms with Crippen LogP contribution in [0, 0.1) is 12.7 Å². The maximum absolute atomic E-state index is 12.5. The summed E-state index contributed by atoms with van der Waals surface area (Å²) in [6.07, 6.45) is 3.98. The molecule has 4 aromatic carbocycles. The van der Waals surface area contributed by atoms with Crippen molar-refractivity contribution in [3.63, 3.8) is 0 Å². The summed E-state index contributed by atoms with van der Waals surface area (Å²) < 4.78 is 26.6. The number of hydrogen-bond acceptors (Lipinski definition) is 5. The number of halogens is 2. The second-order valence-corrected chi connectivity index (χ2v) is 11.9. The van der Waals surface area contributed by atoms with Crippen molar-refractivity contribution in [2.45, 2.75) is 40.3 Å². The van der Waals surface area contributed by atoms with Crippen LogP contribution in [-0.2, 0) is 17.9 Å². The van der Waals surface area contributed by atoms with Gasteiger partial charge in [0.15, 0.2) is 0 Å². The third-order valence-corrected chi connectivity index (χ3v) is 8.72. The number of carbonyl (C=O) groups excluding carboxylic acids is 1. The van der Waals surface area contributed by atoms with E-state index in [2.05, 4.69) is 57.1 Å². The van der Waals surface area contributed by atoms with Gasteiger partial charge < -0.3 is 24.3 Å². The van der Waals surface area contributed by atoms with Gasteiger partial charge in [-0.3, -0.25) is 9.69 Å². The molecule has 1 aliphatic heterocycles. The van der Waals surface area contributed by atoms with Crippen LogP contribution >= 0.6 is 11.6 Å². The normalized spacial score (nSPS) is 13.3. The summed E-state index contributed by atoms with van der Waals surface area (Å²) in [6.45, 7) is 14.7. The number of benzene rings is 4. The number of fused-ring (bicyclic) bond motifs is 2. The fourth-order valence-electron chi connectivity index (χ4n) is 6.00. The number of methoxy groups -OCH3 is 1. The molecule has 7 nitrogen and oxygen atoms in total. The molecule has 0 spiro atoms. The lowest BCUT2D eigenvalue weighted by Crippen LogP contribution is -2.47. The summed E-state index contributed by atoms with van der Waals surface area (Å²) in [4.78, 5) is 14.9. The Balaban J connectivity index is 0.000000339. The molecule has 256 valence electrons. The second-order valence-electron chi connectivity index (χ2n) is 11.5. The third-order valence-electron chi connectivity index (χ3n) is 8.39. The highest BCUT2D eigenvalue weighted by molar-refractivity contribution is 6.35. The zero-order valence-electron chi connectivity index (χ0n) is 28.6. The van der Waals surface area contributed by atoms with E-state index in [1.54, 1.807) is 19.2 Å². The van der Waals surface area contributed by atoms with E-state index in [0.717, 1.165) is 85.1 Å². The molecule has 0 atom stereocenters. The van der Waals surface area contributed by atoms with Gasteiger partial charge in [0, 0.05) is 73.2 Å². The lowest BCUT2D eigenvalue weighted by molar-refractivity contribution is -0.109. The van der Waals surface area contributed by atoms with Gasteiger partial charge in [0.05, 0.1) is 12.6 Å². The van der Waals surface area contributed by atoms with Crippen molar-refractivity contribution in [2.75, 3.05) is 53.0 Å². The Morgan fingerprint density at radius 3 is 2.23 bits per heavy atom. The number of aryl methyl sites for hydroxylation is 2. The van der Waals surface area contributed by atoms with Crippen molar-refractivity contribution in [1.82, 2.24) is 19.7 Å². The highest BCUT2D eigenvalue weighted by Gasteiger charge is 2.17. The number of rotatable bonds is 12. The highest BCUT2D eigenvalue weighted by atomic mass is 35.5. The Kier molecular flexibility index (Phi) is 14.6. The van der Waals surface area contributed by atoms with E-state index >= 15 is 0 Å². The Morgan fingerprint density at radius 1 is 0.833 bits per heavy atom. The molecule has 9 heteroatoms. The molecule has 0 unspecified atom stereocenters. The van der Waals surface area contributed by atoms with Crippen LogP contribution in [0.1, 0.15) is 31.4 Å². The van der Waals surface area contributed by atoms with Gasteiger partial charge in [-0.25, -0.2) is 4.39 Å². The lowest BCUT2D eigenvalue weighted by atomic mass is 10.1. The minimum Gasteiger partial charge on any atom is -0.495 e. The topological polar surface area (TPSA) is 59.0 Å². The number of amides is 1. The molecule has 0 radical (unpaired) electrons. The molecule has 6 rings (SSSR count). The second kappa shape index (κ2) is 19.0. The number of carbonyl (C=O) groups is 1. The highest BCUT2D eigenvalue weighted by Crippen LogP contribution is 2.31. The first-order chi connectivity index (χ1) is 23.5. The van der Waals surface area contributed by atoms with Gasteiger partial charge in [-0.15, -0.1) is 0 Å². The standard InChI is InChI=1S/C29H34ClN3O2.C8H8FNO.C2H6/c1-22-21-33(29-23(22)9-5-10-28(29)34-2)14-6-13-31-15-17-32(18-16-31)19-20-35-27-12-11-26(30)24-7-3-4-8-25(24)27;9-8-3-1-2-7(4-8)5-10-6-11;1-2/h3-5,7-12,21H,6,13-20H2,1-2H3;1-4,6H,5H2,(H,10,11);1-2H3. The zero-order chi connectivity index (χ0) is 34.3. The maximum Gasteiger partial charge on any atom is 0.207 e. The molecule has 0 saturated carbocycles. The van der Waals surface area contributed by atoms with Crippen molar-refractivity contribution in [2.24, 2.45) is 0 Å². The Hall–Kier alpha value is -4.11. The summed E-state index contributed by atoms with van der Waals surface area (Å²) in [5, 5.41) is 6.62. The van der Waals surface area contributed by atoms with E-state index in [-0.39, 0.29) is 5.82 Å². The first-order valence-electron chi connectivity index (χ1n) is 16.8. The molecule has 1 aromatic heterocycles. The van der Waals surface area contributed by atoms with Crippen LogP contribution in [0.3, 0.4) is 0 Å². The van der Waals surface area contributed by atoms with Crippen molar-refractivity contribution in [3.8, 4) is 11.5 Å². The molecule has 48 heavy (non-hydrogen) atoms. The van der Waals surface area contributed by atoms with Gasteiger partial charge >= 0.3 is 0 Å². The van der Waals surface area contributed by atoms with Crippen molar-refractivity contribution in [1.29, 1.82) is 0 Å². The molecule has 0 aliphatic carbocycles. The molecule has 5 aromatic rings. The van der Waals surface area contributed by atoms with E-state index in [1.165, 1.54) is 28.6 Å². The van der Waals surface area contributed by atoms with Crippen LogP contribution in [0.4, 0.5) is 4.39 Å². The van der Waals surface area contributed by atoms with Crippen LogP contribution in [0.5, 0.6) is 11.5 Å². The van der Waals surface area contributed by atoms with Crippen LogP contribution < -0.4 is 14.8 Å². The summed E-state index contributed by atoms with van der Waals surface area (Å²) in [6, 6.07) is 24.5. The van der Waals surface area contributed by atoms with E-state index in [1.807, 2.05) is 44.2 Å². The average Bonchev–Trinajstić information content (AvgIpc) is 3.45. The summed E-state index contributed by atoms with van der Waals surface area (Å²) in [7, 11) is 1.75. The fourth-order valence-corrected chi connectivity index (χ4v) is 6.23. The molecule has 0 bridgehead atoms. The van der Waals surface area contributed by atoms with Crippen molar-refractivity contribution in [3.05, 3.63) is 107 Å². The van der Waals surface area contributed by atoms with Gasteiger partial charge in [0.1, 0.15) is 23.9 Å². The minimum atomic E-state index is -0.282. The van der Waals surface area contributed by atoms with Crippen LogP contribution in [0.15, 0.2) is 85.1 Å². The van der Waals surface area contributed by atoms with E-state index in [4.69, 9.17) is 21.1 Å². The first-order valence-corrected chi connectivity index (χ1v) is 17.1. The molecule has 1 saturated heterocycles. The van der Waals surface area contributed by atoms with Gasteiger partial charge in [-0.1, -0.05) is 74.0 Å². The van der Waals surface area contributed by atoms with Gasteiger partial charge in [0.2, 0.25) is 6.41 Å². The Morgan fingerprint density at radius 2 is 1.52 bits per heavy atom.